The van der Waals surface area contributed by atoms with Crippen molar-refractivity contribution in [2.45, 2.75) is 45.2 Å². The summed E-state index contributed by atoms with van der Waals surface area (Å²) in [5.74, 6) is 0.0802. The molecule has 0 radical (unpaired) electrons. The van der Waals surface area contributed by atoms with Crippen molar-refractivity contribution in [3.63, 3.8) is 0 Å². The van der Waals surface area contributed by atoms with Gasteiger partial charge in [-0.3, -0.25) is 4.79 Å². The van der Waals surface area contributed by atoms with Crippen LogP contribution in [0.5, 0.6) is 0 Å². The lowest BCUT2D eigenvalue weighted by molar-refractivity contribution is -0.123. The Morgan fingerprint density at radius 1 is 1.43 bits per heavy atom. The van der Waals surface area contributed by atoms with Gasteiger partial charge in [0.25, 0.3) is 0 Å². The Kier molecular flexibility index (Phi) is 5.37. The third-order valence-corrected chi connectivity index (χ3v) is 3.80. The van der Waals surface area contributed by atoms with Gasteiger partial charge in [0.15, 0.2) is 0 Å². The van der Waals surface area contributed by atoms with Crippen LogP contribution in [0.1, 0.15) is 31.4 Å². The van der Waals surface area contributed by atoms with Crippen molar-refractivity contribution in [2.75, 3.05) is 19.8 Å². The summed E-state index contributed by atoms with van der Waals surface area (Å²) in [5.41, 5.74) is 2.29. The van der Waals surface area contributed by atoms with E-state index in [1.807, 2.05) is 12.1 Å². The van der Waals surface area contributed by atoms with E-state index in [0.717, 1.165) is 19.6 Å². The van der Waals surface area contributed by atoms with Crippen molar-refractivity contribution in [3.8, 4) is 0 Å². The molecule has 1 fully saturated rings. The van der Waals surface area contributed by atoms with Gasteiger partial charge in [-0.25, -0.2) is 0 Å². The van der Waals surface area contributed by atoms with E-state index < -0.39 is 0 Å². The van der Waals surface area contributed by atoms with Crippen molar-refractivity contribution in [3.05, 3.63) is 35.4 Å². The Hall–Kier alpha value is -1.39. The van der Waals surface area contributed by atoms with Crippen molar-refractivity contribution >= 4 is 5.91 Å². The lowest BCUT2D eigenvalue weighted by Crippen LogP contribution is -2.49. The SMILES string of the molecule is Cc1ccccc1CC(C)(C)NC(=O)CC1COCCN1. The molecule has 21 heavy (non-hydrogen) atoms. The average Bonchev–Trinajstić information content (AvgIpc) is 2.41. The minimum atomic E-state index is -0.251. The third-order valence-electron chi connectivity index (χ3n) is 3.80. The fourth-order valence-corrected chi connectivity index (χ4v) is 2.73. The number of ether oxygens (including phenoxy) is 1. The molecule has 1 aromatic rings. The number of morpholine rings is 1. The number of rotatable bonds is 5. The first-order chi connectivity index (χ1) is 9.96. The fraction of sp³-hybridized carbons (Fsp3) is 0.588. The lowest BCUT2D eigenvalue weighted by Gasteiger charge is -2.29. The van der Waals surface area contributed by atoms with Crippen LogP contribution in [0.4, 0.5) is 0 Å². The number of aryl methyl sites for hydroxylation is 1. The second kappa shape index (κ2) is 7.05. The molecule has 0 spiro atoms. The maximum Gasteiger partial charge on any atom is 0.222 e. The van der Waals surface area contributed by atoms with E-state index in [4.69, 9.17) is 4.74 Å². The van der Waals surface area contributed by atoms with Crippen molar-refractivity contribution in [2.24, 2.45) is 0 Å². The first kappa shape index (κ1) is 16.0. The van der Waals surface area contributed by atoms with Crippen LogP contribution in [-0.4, -0.2) is 37.2 Å². The number of hydrogen-bond acceptors (Lipinski definition) is 3. The maximum atomic E-state index is 12.2. The summed E-state index contributed by atoms with van der Waals surface area (Å²) < 4.78 is 5.38. The molecule has 1 atom stereocenters. The first-order valence-corrected chi connectivity index (χ1v) is 7.63. The molecule has 0 saturated carbocycles. The zero-order valence-corrected chi connectivity index (χ0v) is 13.2. The fourth-order valence-electron chi connectivity index (χ4n) is 2.73. The van der Waals surface area contributed by atoms with Gasteiger partial charge >= 0.3 is 0 Å². The summed E-state index contributed by atoms with van der Waals surface area (Å²) in [5, 5.41) is 6.45. The van der Waals surface area contributed by atoms with E-state index in [-0.39, 0.29) is 17.5 Å². The summed E-state index contributed by atoms with van der Waals surface area (Å²) in [4.78, 5) is 12.2. The first-order valence-electron chi connectivity index (χ1n) is 7.63. The zero-order chi connectivity index (χ0) is 15.3. The summed E-state index contributed by atoms with van der Waals surface area (Å²) >= 11 is 0. The highest BCUT2D eigenvalue weighted by Gasteiger charge is 2.24. The van der Waals surface area contributed by atoms with Crippen LogP contribution >= 0.6 is 0 Å². The molecule has 0 aromatic heterocycles. The highest BCUT2D eigenvalue weighted by Crippen LogP contribution is 2.16. The largest absolute Gasteiger partial charge is 0.378 e. The van der Waals surface area contributed by atoms with Crippen LogP contribution in [0.3, 0.4) is 0 Å². The predicted molar refractivity (Wildman–Crippen MR) is 84.3 cm³/mol. The third kappa shape index (κ3) is 5.14. The van der Waals surface area contributed by atoms with Gasteiger partial charge in [0.2, 0.25) is 5.91 Å². The number of amides is 1. The van der Waals surface area contributed by atoms with E-state index in [2.05, 4.69) is 43.5 Å². The Bertz CT molecular complexity index is 479. The number of nitrogens with one attached hydrogen (secondary N) is 2. The molecule has 0 bridgehead atoms. The summed E-state index contributed by atoms with van der Waals surface area (Å²) in [6, 6.07) is 8.45. The zero-order valence-electron chi connectivity index (χ0n) is 13.2. The Morgan fingerprint density at radius 2 is 2.19 bits per heavy atom. The lowest BCUT2D eigenvalue weighted by atomic mass is 9.92. The second-order valence-electron chi connectivity index (χ2n) is 6.47. The van der Waals surface area contributed by atoms with Crippen molar-refractivity contribution < 1.29 is 9.53 Å². The molecule has 116 valence electrons. The van der Waals surface area contributed by atoms with Crippen LogP contribution in [0.2, 0.25) is 0 Å². The molecule has 2 N–H and O–H groups in total. The Morgan fingerprint density at radius 3 is 2.86 bits per heavy atom. The molecule has 0 aliphatic carbocycles. The molecule has 1 aliphatic heterocycles. The average molecular weight is 290 g/mol. The van der Waals surface area contributed by atoms with Crippen LogP contribution in [-0.2, 0) is 16.0 Å². The molecule has 2 rings (SSSR count). The number of carbonyl (C=O) groups is 1. The van der Waals surface area contributed by atoms with Gasteiger partial charge in [-0.15, -0.1) is 0 Å². The van der Waals surface area contributed by atoms with Gasteiger partial charge in [0.05, 0.1) is 13.2 Å². The highest BCUT2D eigenvalue weighted by molar-refractivity contribution is 5.77. The summed E-state index contributed by atoms with van der Waals surface area (Å²) in [6.45, 7) is 8.42. The standard InChI is InChI=1S/C17H26N2O2/c1-13-6-4-5-7-14(13)11-17(2,3)19-16(20)10-15-12-21-9-8-18-15/h4-7,15,18H,8-12H2,1-3H3,(H,19,20). The van der Waals surface area contributed by atoms with Crippen molar-refractivity contribution in [1.29, 1.82) is 0 Å². The molecule has 1 unspecified atom stereocenters. The smallest absolute Gasteiger partial charge is 0.222 e. The van der Waals surface area contributed by atoms with Gasteiger partial charge in [0.1, 0.15) is 0 Å². The normalized spacial score (nSPS) is 19.3. The number of hydrogen-bond donors (Lipinski definition) is 2. The summed E-state index contributed by atoms with van der Waals surface area (Å²) in [7, 11) is 0. The maximum absolute atomic E-state index is 12.2. The molecule has 4 heteroatoms. The molecule has 1 aromatic carbocycles. The topological polar surface area (TPSA) is 50.4 Å². The van der Waals surface area contributed by atoms with E-state index >= 15 is 0 Å². The molecule has 1 saturated heterocycles. The number of benzene rings is 1. The van der Waals surface area contributed by atoms with E-state index in [1.54, 1.807) is 0 Å². The van der Waals surface area contributed by atoms with Crippen LogP contribution < -0.4 is 10.6 Å². The molecule has 1 amide bonds. The highest BCUT2D eigenvalue weighted by atomic mass is 16.5. The van der Waals surface area contributed by atoms with Gasteiger partial charge < -0.3 is 15.4 Å². The molecule has 4 nitrogen and oxygen atoms in total. The Labute approximate surface area is 127 Å². The molecule has 1 heterocycles. The molecular formula is C17H26N2O2. The van der Waals surface area contributed by atoms with Gasteiger partial charge in [-0.05, 0) is 38.3 Å². The van der Waals surface area contributed by atoms with E-state index in [0.29, 0.717) is 13.0 Å². The van der Waals surface area contributed by atoms with Crippen LogP contribution in [0.15, 0.2) is 24.3 Å². The van der Waals surface area contributed by atoms with Gasteiger partial charge in [-0.1, -0.05) is 24.3 Å². The minimum absolute atomic E-state index is 0.0802. The van der Waals surface area contributed by atoms with Gasteiger partial charge in [0, 0.05) is 24.5 Å². The van der Waals surface area contributed by atoms with Crippen molar-refractivity contribution in [1.82, 2.24) is 10.6 Å². The summed E-state index contributed by atoms with van der Waals surface area (Å²) in [6.07, 6.45) is 1.30. The second-order valence-corrected chi connectivity index (χ2v) is 6.47. The van der Waals surface area contributed by atoms with Gasteiger partial charge in [-0.2, -0.15) is 0 Å². The van der Waals surface area contributed by atoms with E-state index in [1.165, 1.54) is 11.1 Å². The minimum Gasteiger partial charge on any atom is -0.378 e. The van der Waals surface area contributed by atoms with Crippen LogP contribution in [0, 0.1) is 6.92 Å². The predicted octanol–water partition coefficient (Wildman–Crippen LogP) is 1.81. The molecular weight excluding hydrogens is 264 g/mol. The number of carbonyl (C=O) groups excluding carboxylic acids is 1. The quantitative estimate of drug-likeness (QED) is 0.869. The van der Waals surface area contributed by atoms with E-state index in [9.17, 15) is 4.79 Å². The monoisotopic (exact) mass is 290 g/mol. The van der Waals surface area contributed by atoms with Crippen LogP contribution in [0.25, 0.3) is 0 Å². The Balaban J connectivity index is 1.87. The molecule has 1 aliphatic rings.